The van der Waals surface area contributed by atoms with Gasteiger partial charge in [0, 0.05) is 0 Å². The molecule has 53 heavy (non-hydrogen) atoms. The molecule has 2 atom stereocenters. The molecular weight excluding hydrogens is 724 g/mol. The first kappa shape index (κ1) is 36.6. The Hall–Kier alpha value is -4.72. The summed E-state index contributed by atoms with van der Waals surface area (Å²) in [6.07, 6.45) is 5.07. The average molecular weight is 772 g/mol. The van der Waals surface area contributed by atoms with E-state index in [-0.39, 0.29) is 11.5 Å². The Kier molecular flexibility index (Phi) is 10.6. The maximum atomic E-state index is 11.0. The van der Waals surface area contributed by atoms with Crippen molar-refractivity contribution in [2.75, 3.05) is 0 Å². The number of benzene rings is 6. The molecule has 2 nitrogen and oxygen atoms in total. The number of allylic oxidation sites excluding steroid dienone is 2. The summed E-state index contributed by atoms with van der Waals surface area (Å²) >= 11 is -2.56. The first-order valence-corrected chi connectivity index (χ1v) is 25.1. The van der Waals surface area contributed by atoms with Crippen LogP contribution in [0.4, 0.5) is 0 Å². The summed E-state index contributed by atoms with van der Waals surface area (Å²) in [7, 11) is 0. The van der Waals surface area contributed by atoms with Crippen LogP contribution in [0.15, 0.2) is 145 Å². The van der Waals surface area contributed by atoms with Crippen molar-refractivity contribution >= 4 is 12.2 Å². The van der Waals surface area contributed by atoms with Crippen molar-refractivity contribution in [3.8, 4) is 33.8 Å². The average Bonchev–Trinajstić information content (AvgIpc) is 3.75. The summed E-state index contributed by atoms with van der Waals surface area (Å²) in [6.45, 7) is 12.2. The quantitative estimate of drug-likeness (QED) is 0.179. The van der Waals surface area contributed by atoms with Crippen LogP contribution < -0.4 is 10.2 Å². The Morgan fingerprint density at radius 3 is 1.08 bits per heavy atom. The summed E-state index contributed by atoms with van der Waals surface area (Å²) in [5.74, 6) is 0.329. The maximum absolute atomic E-state index is 11.0. The van der Waals surface area contributed by atoms with Gasteiger partial charge in [-0.3, -0.25) is 0 Å². The van der Waals surface area contributed by atoms with Crippen molar-refractivity contribution in [2.24, 2.45) is 0 Å². The Morgan fingerprint density at radius 1 is 0.415 bits per heavy atom. The summed E-state index contributed by atoms with van der Waals surface area (Å²) in [5.41, 5.74) is 18.3. The van der Waals surface area contributed by atoms with Crippen LogP contribution in [-0.4, -0.2) is 0 Å². The van der Waals surface area contributed by atoms with Crippen LogP contribution >= 0.6 is 0 Å². The van der Waals surface area contributed by atoms with Gasteiger partial charge in [0.05, 0.1) is 0 Å². The second-order valence-corrected chi connectivity index (χ2v) is 26.5. The minimum atomic E-state index is -2.56. The van der Waals surface area contributed by atoms with Crippen LogP contribution in [0.2, 0.25) is 8.26 Å². The van der Waals surface area contributed by atoms with Gasteiger partial charge in [-0.05, 0) is 27.7 Å². The largest absolute Gasteiger partial charge is 0.872 e. The molecule has 0 saturated carbocycles. The van der Waals surface area contributed by atoms with E-state index in [2.05, 4.69) is 123 Å². The normalized spacial score (nSPS) is 16.6. The van der Waals surface area contributed by atoms with E-state index >= 15 is 0 Å². The van der Waals surface area contributed by atoms with Crippen molar-refractivity contribution in [1.29, 1.82) is 0 Å². The standard InChI is InChI=1S/2C16H13.2C8H10O.C2H4.Zr/c2*1-12-10-14-8-5-9-15(16(14)11-12)13-6-3-2-4-7-13;2*1-6-4-3-5-7(2)8(6)9;1-2;/h2*2-11H,1H3;2*3-5,9H,1-2H3;1-2H2;/q;;;;;+2/p-2. The molecule has 6 aromatic carbocycles. The van der Waals surface area contributed by atoms with Gasteiger partial charge in [0.1, 0.15) is 0 Å². The number of para-hydroxylation sites is 2. The molecule has 9 rings (SSSR count). The number of fused-ring (bicyclic) bond motifs is 2. The first-order chi connectivity index (χ1) is 25.6. The molecule has 3 aliphatic rings. The van der Waals surface area contributed by atoms with Gasteiger partial charge in [0.2, 0.25) is 0 Å². The van der Waals surface area contributed by atoms with Gasteiger partial charge in [0.15, 0.2) is 0 Å². The van der Waals surface area contributed by atoms with E-state index in [1.54, 1.807) is 22.3 Å². The van der Waals surface area contributed by atoms with E-state index < -0.39 is 20.3 Å². The van der Waals surface area contributed by atoms with Crippen LogP contribution in [0.1, 0.15) is 65.6 Å². The molecule has 0 bridgehead atoms. The van der Waals surface area contributed by atoms with Crippen molar-refractivity contribution in [1.82, 2.24) is 0 Å². The minimum Gasteiger partial charge on any atom is -0.872 e. The Balaban J connectivity index is 0.000000198. The van der Waals surface area contributed by atoms with Crippen molar-refractivity contribution in [3.63, 3.8) is 0 Å². The van der Waals surface area contributed by atoms with Gasteiger partial charge in [0.25, 0.3) is 0 Å². The zero-order chi connectivity index (χ0) is 37.3. The van der Waals surface area contributed by atoms with Crippen molar-refractivity contribution in [3.05, 3.63) is 189 Å². The Morgan fingerprint density at radius 2 is 0.755 bits per heavy atom. The molecule has 264 valence electrons. The Labute approximate surface area is 320 Å². The summed E-state index contributed by atoms with van der Waals surface area (Å²) in [5, 5.41) is 21.9. The third-order valence-electron chi connectivity index (χ3n) is 11.5. The van der Waals surface area contributed by atoms with E-state index in [0.717, 1.165) is 22.3 Å². The number of hydrogen-bond donors (Lipinski definition) is 0. The van der Waals surface area contributed by atoms with E-state index in [1.165, 1.54) is 41.6 Å². The SMILES string of the molecule is CC1=Cc2c(-c3ccccc3)cccc2[CH]1[Zr+2]1([CH]2C(C)=Cc3c(-c4ccccc4)cccc32)[CH2][CH2]1.Cc1cccc(C)c1[O-].Cc1cccc(C)c1[O-]. The van der Waals surface area contributed by atoms with Crippen LogP contribution in [0.25, 0.3) is 34.4 Å². The molecule has 0 N–H and O–H groups in total. The van der Waals surface area contributed by atoms with E-state index in [1.807, 2.05) is 64.1 Å². The topological polar surface area (TPSA) is 46.1 Å². The molecule has 6 aromatic rings. The fourth-order valence-electron chi connectivity index (χ4n) is 8.86. The van der Waals surface area contributed by atoms with Gasteiger partial charge >= 0.3 is 214 Å². The molecule has 1 fully saturated rings. The smallest absolute Gasteiger partial charge is 0.0404 e. The number of aryl methyl sites for hydroxylation is 4. The summed E-state index contributed by atoms with van der Waals surface area (Å²) < 4.78 is 4.40. The van der Waals surface area contributed by atoms with Gasteiger partial charge in [-0.25, -0.2) is 0 Å². The molecule has 1 heterocycles. The number of rotatable bonds is 4. The van der Waals surface area contributed by atoms with Gasteiger partial charge in [-0.2, -0.15) is 0 Å². The van der Waals surface area contributed by atoms with Crippen LogP contribution in [0.3, 0.4) is 0 Å². The third kappa shape index (κ3) is 7.17. The molecule has 1 saturated heterocycles. The van der Waals surface area contributed by atoms with E-state index in [4.69, 9.17) is 0 Å². The summed E-state index contributed by atoms with van der Waals surface area (Å²) in [4.78, 5) is 0. The molecule has 1 aliphatic heterocycles. The molecule has 3 heteroatoms. The summed E-state index contributed by atoms with van der Waals surface area (Å²) in [6, 6.07) is 47.1. The number of hydrogen-bond acceptors (Lipinski definition) is 2. The molecule has 0 amide bonds. The predicted octanol–water partition coefficient (Wildman–Crippen LogP) is 12.4. The first-order valence-electron chi connectivity index (χ1n) is 18.8. The molecule has 2 unspecified atom stereocenters. The molecule has 0 spiro atoms. The van der Waals surface area contributed by atoms with E-state index in [9.17, 15) is 10.2 Å². The van der Waals surface area contributed by atoms with Crippen LogP contribution in [-0.2, 0) is 20.3 Å². The van der Waals surface area contributed by atoms with Gasteiger partial charge < -0.3 is 10.2 Å². The zero-order valence-corrected chi connectivity index (χ0v) is 34.2. The molecule has 0 radical (unpaired) electrons. The predicted molar refractivity (Wildman–Crippen MR) is 217 cm³/mol. The second kappa shape index (κ2) is 15.3. The van der Waals surface area contributed by atoms with Crippen molar-refractivity contribution in [2.45, 2.75) is 57.1 Å². The van der Waals surface area contributed by atoms with Gasteiger partial charge in [-0.1, -0.05) is 58.7 Å². The van der Waals surface area contributed by atoms with Crippen molar-refractivity contribution < 1.29 is 30.5 Å². The van der Waals surface area contributed by atoms with Crippen LogP contribution in [0, 0.1) is 27.7 Å². The second-order valence-electron chi connectivity index (χ2n) is 15.2. The molecule has 2 aliphatic carbocycles. The molecule has 0 aromatic heterocycles. The fraction of sp³-hybridized carbons (Fsp3) is 0.200. The maximum Gasteiger partial charge on any atom is -0.0404 e. The Bertz CT molecular complexity index is 2130. The third-order valence-corrected chi connectivity index (χ3v) is 25.0. The minimum absolute atomic E-state index is 0.164. The van der Waals surface area contributed by atoms with E-state index in [0.29, 0.717) is 7.25 Å². The zero-order valence-electron chi connectivity index (χ0n) is 31.7. The van der Waals surface area contributed by atoms with Crippen LogP contribution in [0.5, 0.6) is 11.5 Å². The monoisotopic (exact) mass is 770 g/mol. The molecular formula is C50H48O2Zr. The fourth-order valence-corrected chi connectivity index (χ4v) is 26.6. The van der Waals surface area contributed by atoms with Gasteiger partial charge in [-0.15, -0.1) is 11.5 Å².